The van der Waals surface area contributed by atoms with Gasteiger partial charge in [-0.25, -0.2) is 9.78 Å². The Morgan fingerprint density at radius 3 is 2.86 bits per heavy atom. The van der Waals surface area contributed by atoms with Gasteiger partial charge in [0.2, 0.25) is 0 Å². The summed E-state index contributed by atoms with van der Waals surface area (Å²) in [5, 5.41) is 9.73. The van der Waals surface area contributed by atoms with Gasteiger partial charge in [-0.1, -0.05) is 17.7 Å². The second kappa shape index (κ2) is 5.69. The number of halogens is 1. The minimum absolute atomic E-state index is 0.165. The van der Waals surface area contributed by atoms with Crippen LogP contribution in [0.1, 0.15) is 17.3 Å². The number of hydrogen-bond donors (Lipinski definition) is 1. The maximum Gasteiger partial charge on any atom is 0.337 e. The van der Waals surface area contributed by atoms with Gasteiger partial charge in [0.15, 0.2) is 0 Å². The monoisotopic (exact) mass is 316 g/mol. The quantitative estimate of drug-likeness (QED) is 0.795. The second-order valence-corrected chi connectivity index (χ2v) is 5.05. The van der Waals surface area contributed by atoms with Crippen molar-refractivity contribution in [2.75, 3.05) is 6.61 Å². The van der Waals surface area contributed by atoms with E-state index in [9.17, 15) is 9.90 Å². The lowest BCUT2D eigenvalue weighted by Gasteiger charge is -2.09. The SMILES string of the molecule is CCOc1ccc(-n2cnc3c(C(=O)O)cccc32)c(Cl)c1. The van der Waals surface area contributed by atoms with Gasteiger partial charge in [0.1, 0.15) is 17.6 Å². The van der Waals surface area contributed by atoms with E-state index in [1.54, 1.807) is 23.0 Å². The fourth-order valence-corrected chi connectivity index (χ4v) is 2.60. The summed E-state index contributed by atoms with van der Waals surface area (Å²) in [5.41, 5.74) is 2.00. The van der Waals surface area contributed by atoms with Gasteiger partial charge in [-0.05, 0) is 31.2 Å². The molecule has 6 heteroatoms. The van der Waals surface area contributed by atoms with Gasteiger partial charge < -0.3 is 9.84 Å². The second-order valence-electron chi connectivity index (χ2n) is 4.64. The van der Waals surface area contributed by atoms with Crippen LogP contribution in [0.4, 0.5) is 0 Å². The predicted octanol–water partition coefficient (Wildman–Crippen LogP) is 3.78. The van der Waals surface area contributed by atoms with Crippen molar-refractivity contribution in [2.24, 2.45) is 0 Å². The number of carbonyl (C=O) groups is 1. The smallest absolute Gasteiger partial charge is 0.337 e. The molecule has 0 unspecified atom stereocenters. The topological polar surface area (TPSA) is 64.4 Å². The third-order valence-corrected chi connectivity index (χ3v) is 3.60. The molecule has 0 aliphatic rings. The Morgan fingerprint density at radius 2 is 2.18 bits per heavy atom. The zero-order valence-corrected chi connectivity index (χ0v) is 12.5. The zero-order chi connectivity index (χ0) is 15.7. The molecule has 22 heavy (non-hydrogen) atoms. The number of imidazole rings is 1. The first kappa shape index (κ1) is 14.4. The van der Waals surface area contributed by atoms with E-state index in [4.69, 9.17) is 16.3 Å². The van der Waals surface area contributed by atoms with E-state index in [2.05, 4.69) is 4.98 Å². The summed E-state index contributed by atoms with van der Waals surface area (Å²) in [5.74, 6) is -0.319. The highest BCUT2D eigenvalue weighted by Crippen LogP contribution is 2.29. The van der Waals surface area contributed by atoms with Gasteiger partial charge >= 0.3 is 5.97 Å². The standard InChI is InChI=1S/C16H13ClN2O3/c1-2-22-10-6-7-13(12(17)8-10)19-9-18-15-11(16(20)21)4-3-5-14(15)19/h3-9H,2H2,1H3,(H,20,21). The van der Waals surface area contributed by atoms with Crippen LogP contribution in [0, 0.1) is 0 Å². The molecule has 0 atom stereocenters. The van der Waals surface area contributed by atoms with Crippen molar-refractivity contribution in [2.45, 2.75) is 6.92 Å². The number of hydrogen-bond acceptors (Lipinski definition) is 3. The summed E-state index contributed by atoms with van der Waals surface area (Å²) in [7, 11) is 0. The normalized spacial score (nSPS) is 10.8. The van der Waals surface area contributed by atoms with E-state index in [0.717, 1.165) is 5.69 Å². The predicted molar refractivity (Wildman–Crippen MR) is 84.2 cm³/mol. The lowest BCUT2D eigenvalue weighted by atomic mass is 10.2. The lowest BCUT2D eigenvalue weighted by Crippen LogP contribution is -1.98. The molecule has 1 N–H and O–H groups in total. The molecule has 0 fully saturated rings. The van der Waals surface area contributed by atoms with E-state index < -0.39 is 5.97 Å². The Hall–Kier alpha value is -2.53. The maximum atomic E-state index is 11.3. The molecule has 0 amide bonds. The van der Waals surface area contributed by atoms with E-state index in [1.165, 1.54) is 6.07 Å². The molecule has 112 valence electrons. The fraction of sp³-hybridized carbons (Fsp3) is 0.125. The van der Waals surface area contributed by atoms with Crippen LogP contribution in [-0.2, 0) is 0 Å². The highest BCUT2D eigenvalue weighted by molar-refractivity contribution is 6.32. The molecule has 0 saturated carbocycles. The average molecular weight is 317 g/mol. The van der Waals surface area contributed by atoms with Crippen LogP contribution in [0.5, 0.6) is 5.75 Å². The van der Waals surface area contributed by atoms with Crippen molar-refractivity contribution in [3.05, 3.63) is 53.3 Å². The summed E-state index contributed by atoms with van der Waals surface area (Å²) in [6, 6.07) is 10.4. The largest absolute Gasteiger partial charge is 0.494 e. The number of para-hydroxylation sites is 1. The van der Waals surface area contributed by atoms with Crippen LogP contribution in [-0.4, -0.2) is 27.2 Å². The summed E-state index contributed by atoms with van der Waals surface area (Å²) < 4.78 is 7.17. The van der Waals surface area contributed by atoms with Crippen LogP contribution in [0.3, 0.4) is 0 Å². The van der Waals surface area contributed by atoms with Crippen molar-refractivity contribution in [1.82, 2.24) is 9.55 Å². The molecule has 2 aromatic carbocycles. The summed E-state index contributed by atoms with van der Waals surface area (Å²) in [4.78, 5) is 15.5. The number of fused-ring (bicyclic) bond motifs is 1. The Kier molecular flexibility index (Phi) is 3.73. The Labute approximate surface area is 131 Å². The molecule has 0 bridgehead atoms. The van der Waals surface area contributed by atoms with Crippen LogP contribution < -0.4 is 4.74 Å². The third-order valence-electron chi connectivity index (χ3n) is 3.30. The number of aromatic nitrogens is 2. The maximum absolute atomic E-state index is 11.3. The molecule has 0 radical (unpaired) electrons. The number of ether oxygens (including phenoxy) is 1. The van der Waals surface area contributed by atoms with Gasteiger partial charge in [-0.15, -0.1) is 0 Å². The summed E-state index contributed by atoms with van der Waals surface area (Å²) in [6.45, 7) is 2.46. The zero-order valence-electron chi connectivity index (χ0n) is 11.8. The van der Waals surface area contributed by atoms with E-state index >= 15 is 0 Å². The van der Waals surface area contributed by atoms with Crippen molar-refractivity contribution >= 4 is 28.6 Å². The van der Waals surface area contributed by atoms with Crippen LogP contribution in [0.25, 0.3) is 16.7 Å². The molecule has 0 saturated heterocycles. The number of rotatable bonds is 4. The molecular formula is C16H13ClN2O3. The van der Waals surface area contributed by atoms with E-state index in [0.29, 0.717) is 28.4 Å². The minimum Gasteiger partial charge on any atom is -0.494 e. The van der Waals surface area contributed by atoms with Gasteiger partial charge in [0.05, 0.1) is 28.4 Å². The van der Waals surface area contributed by atoms with E-state index in [1.807, 2.05) is 25.1 Å². The average Bonchev–Trinajstić information content (AvgIpc) is 2.91. The number of aromatic carboxylic acids is 1. The summed E-state index contributed by atoms with van der Waals surface area (Å²) >= 11 is 6.31. The van der Waals surface area contributed by atoms with Crippen LogP contribution in [0.2, 0.25) is 5.02 Å². The fourth-order valence-electron chi connectivity index (χ4n) is 2.34. The molecule has 1 aromatic heterocycles. The number of nitrogens with zero attached hydrogens (tertiary/aromatic N) is 2. The molecular weight excluding hydrogens is 304 g/mol. The van der Waals surface area contributed by atoms with Crippen molar-refractivity contribution in [3.8, 4) is 11.4 Å². The Balaban J connectivity index is 2.15. The molecule has 0 aliphatic carbocycles. The number of carboxylic acid groups (broad SMARTS) is 1. The molecule has 5 nitrogen and oxygen atoms in total. The van der Waals surface area contributed by atoms with Crippen LogP contribution in [0.15, 0.2) is 42.7 Å². The molecule has 3 rings (SSSR count). The Morgan fingerprint density at radius 1 is 1.36 bits per heavy atom. The summed E-state index contributed by atoms with van der Waals surface area (Å²) in [6.07, 6.45) is 1.57. The Bertz CT molecular complexity index is 858. The molecule has 3 aromatic rings. The highest BCUT2D eigenvalue weighted by atomic mass is 35.5. The highest BCUT2D eigenvalue weighted by Gasteiger charge is 2.14. The number of carboxylic acids is 1. The first-order valence-electron chi connectivity index (χ1n) is 6.74. The van der Waals surface area contributed by atoms with E-state index in [-0.39, 0.29) is 5.56 Å². The lowest BCUT2D eigenvalue weighted by molar-refractivity contribution is 0.0699. The third kappa shape index (κ3) is 2.40. The van der Waals surface area contributed by atoms with Crippen molar-refractivity contribution in [3.63, 3.8) is 0 Å². The van der Waals surface area contributed by atoms with Crippen LogP contribution >= 0.6 is 11.6 Å². The van der Waals surface area contributed by atoms with Gasteiger partial charge in [0.25, 0.3) is 0 Å². The minimum atomic E-state index is -1.01. The van der Waals surface area contributed by atoms with Crippen molar-refractivity contribution < 1.29 is 14.6 Å². The molecule has 1 heterocycles. The first-order chi connectivity index (χ1) is 10.6. The molecule has 0 aliphatic heterocycles. The van der Waals surface area contributed by atoms with Gasteiger partial charge in [-0.3, -0.25) is 4.57 Å². The first-order valence-corrected chi connectivity index (χ1v) is 7.11. The van der Waals surface area contributed by atoms with Crippen molar-refractivity contribution in [1.29, 1.82) is 0 Å². The number of benzene rings is 2. The van der Waals surface area contributed by atoms with Gasteiger partial charge in [-0.2, -0.15) is 0 Å². The molecule has 0 spiro atoms. The van der Waals surface area contributed by atoms with Gasteiger partial charge in [0, 0.05) is 6.07 Å².